The van der Waals surface area contributed by atoms with Crippen LogP contribution >= 0.6 is 0 Å². The lowest BCUT2D eigenvalue weighted by atomic mass is 9.83. The number of likely N-dealkylation sites (tertiary alicyclic amines) is 1. The number of aromatic nitrogens is 1. The third-order valence-corrected chi connectivity index (χ3v) is 5.61. The van der Waals surface area contributed by atoms with Gasteiger partial charge >= 0.3 is 0 Å². The highest BCUT2D eigenvalue weighted by Crippen LogP contribution is 2.41. The van der Waals surface area contributed by atoms with Crippen molar-refractivity contribution in [2.75, 3.05) is 19.7 Å². The standard InChI is InChI=1S/C19H24N2O5/c1-4-18(23)8-19(24-11-18)9-21(10-19)17(22)16-6-5-14(25-16)7-15-12(2)20-26-13(15)3/h5-6,23H,4,7-11H2,1-3H3. The van der Waals surface area contributed by atoms with Crippen molar-refractivity contribution in [3.63, 3.8) is 0 Å². The summed E-state index contributed by atoms with van der Waals surface area (Å²) < 4.78 is 16.7. The van der Waals surface area contributed by atoms with Gasteiger partial charge in [-0.25, -0.2) is 0 Å². The van der Waals surface area contributed by atoms with E-state index in [1.165, 1.54) is 0 Å². The van der Waals surface area contributed by atoms with Gasteiger partial charge in [-0.2, -0.15) is 0 Å². The second kappa shape index (κ2) is 5.96. The molecule has 7 heteroatoms. The zero-order valence-corrected chi connectivity index (χ0v) is 15.4. The van der Waals surface area contributed by atoms with Gasteiger partial charge in [0.15, 0.2) is 5.76 Å². The molecular formula is C19H24N2O5. The number of amides is 1. The summed E-state index contributed by atoms with van der Waals surface area (Å²) in [4.78, 5) is 14.3. The van der Waals surface area contributed by atoms with E-state index in [4.69, 9.17) is 13.7 Å². The summed E-state index contributed by atoms with van der Waals surface area (Å²) in [5, 5.41) is 14.3. The summed E-state index contributed by atoms with van der Waals surface area (Å²) in [6, 6.07) is 3.52. The molecule has 1 unspecified atom stereocenters. The smallest absolute Gasteiger partial charge is 0.289 e. The number of rotatable bonds is 4. The largest absolute Gasteiger partial charge is 0.456 e. The third-order valence-electron chi connectivity index (χ3n) is 5.61. The van der Waals surface area contributed by atoms with E-state index >= 15 is 0 Å². The Labute approximate surface area is 151 Å². The number of aliphatic hydroxyl groups is 1. The van der Waals surface area contributed by atoms with Crippen molar-refractivity contribution in [3.05, 3.63) is 40.7 Å². The van der Waals surface area contributed by atoms with Crippen molar-refractivity contribution in [1.29, 1.82) is 0 Å². The summed E-state index contributed by atoms with van der Waals surface area (Å²) in [6.45, 7) is 7.03. The fraction of sp³-hybridized carbons (Fsp3) is 0.579. The number of aryl methyl sites for hydroxylation is 2. The second-order valence-electron chi connectivity index (χ2n) is 7.63. The van der Waals surface area contributed by atoms with E-state index in [0.29, 0.717) is 50.5 Å². The maximum atomic E-state index is 12.6. The normalized spacial score (nSPS) is 24.2. The summed E-state index contributed by atoms with van der Waals surface area (Å²) in [7, 11) is 0. The third kappa shape index (κ3) is 2.85. The van der Waals surface area contributed by atoms with Crippen LogP contribution < -0.4 is 0 Å². The van der Waals surface area contributed by atoms with E-state index < -0.39 is 11.2 Å². The zero-order chi connectivity index (χ0) is 18.5. The van der Waals surface area contributed by atoms with E-state index in [-0.39, 0.29) is 5.91 Å². The Morgan fingerprint density at radius 1 is 1.35 bits per heavy atom. The van der Waals surface area contributed by atoms with Crippen LogP contribution in [0.15, 0.2) is 21.1 Å². The molecule has 26 heavy (non-hydrogen) atoms. The first-order chi connectivity index (χ1) is 12.3. The molecule has 0 aliphatic carbocycles. The molecule has 0 aromatic carbocycles. The molecule has 2 saturated heterocycles. The number of furan rings is 1. The summed E-state index contributed by atoms with van der Waals surface area (Å²) in [6.07, 6.45) is 1.78. The Morgan fingerprint density at radius 2 is 2.12 bits per heavy atom. The van der Waals surface area contributed by atoms with Gasteiger partial charge in [-0.1, -0.05) is 12.1 Å². The highest BCUT2D eigenvalue weighted by molar-refractivity contribution is 5.92. The lowest BCUT2D eigenvalue weighted by Gasteiger charge is -2.46. The first-order valence-electron chi connectivity index (χ1n) is 8.99. The number of carbonyl (C=O) groups is 1. The molecule has 4 heterocycles. The molecule has 140 valence electrons. The number of hydrogen-bond acceptors (Lipinski definition) is 6. The molecular weight excluding hydrogens is 336 g/mol. The molecule has 7 nitrogen and oxygen atoms in total. The molecule has 0 radical (unpaired) electrons. The van der Waals surface area contributed by atoms with Gasteiger partial charge in [-0.3, -0.25) is 4.79 Å². The minimum absolute atomic E-state index is 0.142. The Balaban J connectivity index is 1.39. The van der Waals surface area contributed by atoms with Crippen LogP contribution in [0.1, 0.15) is 53.1 Å². The highest BCUT2D eigenvalue weighted by atomic mass is 16.5. The Morgan fingerprint density at radius 3 is 2.73 bits per heavy atom. The van der Waals surface area contributed by atoms with Gasteiger partial charge in [0.05, 0.1) is 31.0 Å². The van der Waals surface area contributed by atoms with Gasteiger partial charge in [0, 0.05) is 18.4 Å². The molecule has 0 bridgehead atoms. The fourth-order valence-corrected chi connectivity index (χ4v) is 3.88. The van der Waals surface area contributed by atoms with Crippen LogP contribution in [0.3, 0.4) is 0 Å². The maximum absolute atomic E-state index is 12.6. The molecule has 2 aliphatic rings. The Hall–Kier alpha value is -2.12. The molecule has 1 atom stereocenters. The fourth-order valence-electron chi connectivity index (χ4n) is 3.88. The van der Waals surface area contributed by atoms with E-state index in [2.05, 4.69) is 5.16 Å². The first-order valence-corrected chi connectivity index (χ1v) is 8.99. The van der Waals surface area contributed by atoms with Crippen LogP contribution in [0.25, 0.3) is 0 Å². The van der Waals surface area contributed by atoms with Gasteiger partial charge in [0.1, 0.15) is 17.1 Å². The van der Waals surface area contributed by atoms with Crippen LogP contribution in [0.4, 0.5) is 0 Å². The van der Waals surface area contributed by atoms with Crippen molar-refractivity contribution < 1.29 is 23.6 Å². The average Bonchev–Trinajstić information content (AvgIpc) is 3.28. The molecule has 2 aromatic heterocycles. The highest BCUT2D eigenvalue weighted by Gasteiger charge is 2.55. The van der Waals surface area contributed by atoms with E-state index in [9.17, 15) is 9.90 Å². The zero-order valence-electron chi connectivity index (χ0n) is 15.4. The maximum Gasteiger partial charge on any atom is 0.289 e. The first kappa shape index (κ1) is 17.3. The Kier molecular flexibility index (Phi) is 3.96. The number of nitrogens with zero attached hydrogens (tertiary/aromatic N) is 2. The topological polar surface area (TPSA) is 88.9 Å². The van der Waals surface area contributed by atoms with Crippen molar-refractivity contribution in [2.24, 2.45) is 0 Å². The SMILES string of the molecule is CCC1(O)COC2(CN(C(=O)c3ccc(Cc4c(C)noc4C)o3)C2)C1. The molecule has 4 rings (SSSR count). The summed E-state index contributed by atoms with van der Waals surface area (Å²) in [5.74, 6) is 1.65. The molecule has 1 amide bonds. The van der Waals surface area contributed by atoms with Crippen molar-refractivity contribution >= 4 is 5.91 Å². The second-order valence-corrected chi connectivity index (χ2v) is 7.63. The molecule has 2 fully saturated rings. The van der Waals surface area contributed by atoms with E-state index in [0.717, 1.165) is 17.0 Å². The number of ether oxygens (including phenoxy) is 1. The summed E-state index contributed by atoms with van der Waals surface area (Å²) >= 11 is 0. The minimum Gasteiger partial charge on any atom is -0.456 e. The minimum atomic E-state index is -0.763. The Bertz CT molecular complexity index is 813. The molecule has 2 aromatic rings. The lowest BCUT2D eigenvalue weighted by molar-refractivity contribution is -0.0962. The van der Waals surface area contributed by atoms with Gasteiger partial charge in [-0.05, 0) is 32.4 Å². The molecule has 1 spiro atoms. The van der Waals surface area contributed by atoms with Crippen LogP contribution in [0.5, 0.6) is 0 Å². The van der Waals surface area contributed by atoms with Gasteiger partial charge in [-0.15, -0.1) is 0 Å². The van der Waals surface area contributed by atoms with Crippen molar-refractivity contribution in [3.8, 4) is 0 Å². The predicted octanol–water partition coefficient (Wildman–Crippen LogP) is 2.23. The van der Waals surface area contributed by atoms with Gasteiger partial charge in [0.25, 0.3) is 5.91 Å². The monoisotopic (exact) mass is 360 g/mol. The quantitative estimate of drug-likeness (QED) is 0.899. The number of hydrogen-bond donors (Lipinski definition) is 1. The molecule has 1 N–H and O–H groups in total. The summed E-state index contributed by atoms with van der Waals surface area (Å²) in [5.41, 5.74) is 0.658. The van der Waals surface area contributed by atoms with Crippen LogP contribution in [0, 0.1) is 13.8 Å². The van der Waals surface area contributed by atoms with Crippen LogP contribution in [-0.4, -0.2) is 52.0 Å². The predicted molar refractivity (Wildman–Crippen MR) is 91.9 cm³/mol. The van der Waals surface area contributed by atoms with Crippen LogP contribution in [0.2, 0.25) is 0 Å². The average molecular weight is 360 g/mol. The molecule has 0 saturated carbocycles. The van der Waals surface area contributed by atoms with E-state index in [1.807, 2.05) is 26.8 Å². The van der Waals surface area contributed by atoms with Gasteiger partial charge in [0.2, 0.25) is 0 Å². The number of carbonyl (C=O) groups excluding carboxylic acids is 1. The molecule has 2 aliphatic heterocycles. The lowest BCUT2D eigenvalue weighted by Crippen LogP contribution is -2.63. The van der Waals surface area contributed by atoms with Gasteiger partial charge < -0.3 is 23.7 Å². The van der Waals surface area contributed by atoms with Crippen molar-refractivity contribution in [2.45, 2.75) is 51.2 Å². The van der Waals surface area contributed by atoms with Crippen LogP contribution in [-0.2, 0) is 11.2 Å². The van der Waals surface area contributed by atoms with Crippen molar-refractivity contribution in [1.82, 2.24) is 10.1 Å². The van der Waals surface area contributed by atoms with E-state index in [1.54, 1.807) is 11.0 Å².